The number of carbonyl (C=O) groups excluding carboxylic acids is 1. The fourth-order valence-corrected chi connectivity index (χ4v) is 1.67. The smallest absolute Gasteiger partial charge is 0.409 e. The van der Waals surface area contributed by atoms with Crippen molar-refractivity contribution < 1.29 is 14.3 Å². The number of rotatable bonds is 4. The van der Waals surface area contributed by atoms with E-state index in [2.05, 4.69) is 27.6 Å². The molecule has 1 aromatic carbocycles. The molecule has 3 N–H and O–H groups in total. The zero-order chi connectivity index (χ0) is 13.0. The zero-order valence-electron chi connectivity index (χ0n) is 10.4. The number of hydrogen-bond donors (Lipinski definition) is 3. The largest absolute Gasteiger partial charge is 0.494 e. The van der Waals surface area contributed by atoms with Crippen LogP contribution in [0.2, 0.25) is 0 Å². The molecule has 6 heteroatoms. The van der Waals surface area contributed by atoms with Crippen LogP contribution in [-0.2, 0) is 4.74 Å². The minimum Gasteiger partial charge on any atom is -0.494 e. The average Bonchev–Trinajstić information content (AvgIpc) is 2.77. The lowest BCUT2D eigenvalue weighted by molar-refractivity contribution is 0.169. The Morgan fingerprint density at radius 3 is 2.89 bits per heavy atom. The van der Waals surface area contributed by atoms with Gasteiger partial charge < -0.3 is 20.1 Å². The SMILES string of the molecule is CCCOc1ccc2c(c1)NC(NC(=O)OC)N2. The van der Waals surface area contributed by atoms with Gasteiger partial charge >= 0.3 is 6.09 Å². The highest BCUT2D eigenvalue weighted by atomic mass is 16.5. The predicted octanol–water partition coefficient (Wildman–Crippen LogP) is 1.95. The first-order chi connectivity index (χ1) is 8.72. The minimum atomic E-state index is -0.490. The molecule has 18 heavy (non-hydrogen) atoms. The lowest BCUT2D eigenvalue weighted by Crippen LogP contribution is -2.42. The molecule has 0 saturated carbocycles. The second kappa shape index (κ2) is 5.48. The summed E-state index contributed by atoms with van der Waals surface area (Å²) in [5, 5.41) is 8.83. The Hall–Kier alpha value is -2.11. The minimum absolute atomic E-state index is 0.367. The van der Waals surface area contributed by atoms with Crippen LogP contribution in [0.3, 0.4) is 0 Å². The molecule has 98 valence electrons. The van der Waals surface area contributed by atoms with Crippen LogP contribution in [-0.4, -0.2) is 26.1 Å². The van der Waals surface area contributed by atoms with Crippen LogP contribution in [0.25, 0.3) is 0 Å². The van der Waals surface area contributed by atoms with Crippen molar-refractivity contribution in [2.75, 3.05) is 24.4 Å². The van der Waals surface area contributed by atoms with E-state index in [1.54, 1.807) is 0 Å². The number of hydrogen-bond acceptors (Lipinski definition) is 5. The monoisotopic (exact) mass is 251 g/mol. The van der Waals surface area contributed by atoms with Gasteiger partial charge in [-0.15, -0.1) is 0 Å². The molecule has 1 unspecified atom stereocenters. The molecule has 0 spiro atoms. The number of nitrogens with one attached hydrogen (secondary N) is 3. The number of anilines is 2. The van der Waals surface area contributed by atoms with Crippen LogP contribution < -0.4 is 20.7 Å². The molecule has 1 aliphatic rings. The molecule has 0 fully saturated rings. The Morgan fingerprint density at radius 2 is 2.17 bits per heavy atom. The highest BCUT2D eigenvalue weighted by molar-refractivity contribution is 5.78. The summed E-state index contributed by atoms with van der Waals surface area (Å²) in [7, 11) is 1.33. The molecular weight excluding hydrogens is 234 g/mol. The third kappa shape index (κ3) is 2.77. The normalized spacial score (nSPS) is 16.2. The maximum Gasteiger partial charge on any atom is 0.409 e. The molecule has 0 saturated heterocycles. The van der Waals surface area contributed by atoms with Crippen LogP contribution in [0.4, 0.5) is 16.2 Å². The number of methoxy groups -OCH3 is 1. The first-order valence-electron chi connectivity index (χ1n) is 5.87. The number of amides is 1. The van der Waals surface area contributed by atoms with Gasteiger partial charge in [0.2, 0.25) is 0 Å². The second-order valence-electron chi connectivity index (χ2n) is 3.91. The summed E-state index contributed by atoms with van der Waals surface area (Å²) in [4.78, 5) is 11.1. The average molecular weight is 251 g/mol. The van der Waals surface area contributed by atoms with Crippen molar-refractivity contribution in [3.63, 3.8) is 0 Å². The quantitative estimate of drug-likeness (QED) is 0.763. The summed E-state index contributed by atoms with van der Waals surface area (Å²) in [5.74, 6) is 0.809. The van der Waals surface area contributed by atoms with E-state index < -0.39 is 6.09 Å². The van der Waals surface area contributed by atoms with E-state index in [0.29, 0.717) is 6.61 Å². The molecule has 0 aromatic heterocycles. The molecule has 1 aromatic rings. The number of alkyl carbamates (subject to hydrolysis) is 1. The van der Waals surface area contributed by atoms with E-state index in [1.807, 2.05) is 18.2 Å². The molecule has 1 aliphatic heterocycles. The van der Waals surface area contributed by atoms with Crippen molar-refractivity contribution in [2.24, 2.45) is 0 Å². The number of fused-ring (bicyclic) bond motifs is 1. The molecular formula is C12H17N3O3. The Morgan fingerprint density at radius 1 is 1.39 bits per heavy atom. The van der Waals surface area contributed by atoms with Gasteiger partial charge in [-0.05, 0) is 18.6 Å². The Balaban J connectivity index is 1.99. The van der Waals surface area contributed by atoms with Crippen molar-refractivity contribution in [1.29, 1.82) is 0 Å². The van der Waals surface area contributed by atoms with Crippen LogP contribution in [0, 0.1) is 0 Å². The lowest BCUT2D eigenvalue weighted by atomic mass is 10.2. The Labute approximate surface area is 106 Å². The van der Waals surface area contributed by atoms with Gasteiger partial charge in [-0.1, -0.05) is 6.92 Å². The van der Waals surface area contributed by atoms with E-state index >= 15 is 0 Å². The summed E-state index contributed by atoms with van der Waals surface area (Å²) in [6.45, 7) is 2.75. The Bertz CT molecular complexity index is 437. The van der Waals surface area contributed by atoms with Crippen molar-refractivity contribution in [1.82, 2.24) is 5.32 Å². The van der Waals surface area contributed by atoms with Gasteiger partial charge in [0.25, 0.3) is 0 Å². The molecule has 1 amide bonds. The zero-order valence-corrected chi connectivity index (χ0v) is 10.4. The standard InChI is InChI=1S/C12H17N3O3/c1-3-6-18-8-4-5-9-10(7-8)14-11(13-9)15-12(16)17-2/h4-5,7,11,13-14H,3,6H2,1-2H3,(H,15,16). The molecule has 0 bridgehead atoms. The van der Waals surface area contributed by atoms with Crippen molar-refractivity contribution in [2.45, 2.75) is 19.6 Å². The van der Waals surface area contributed by atoms with Gasteiger partial charge in [0.15, 0.2) is 6.29 Å². The highest BCUT2D eigenvalue weighted by Crippen LogP contribution is 2.31. The van der Waals surface area contributed by atoms with E-state index in [4.69, 9.17) is 4.74 Å². The molecule has 6 nitrogen and oxygen atoms in total. The van der Waals surface area contributed by atoms with Crippen molar-refractivity contribution in [3.8, 4) is 5.75 Å². The van der Waals surface area contributed by atoms with Gasteiger partial charge in [-0.2, -0.15) is 0 Å². The summed E-state index contributed by atoms with van der Waals surface area (Å²) >= 11 is 0. The first kappa shape index (κ1) is 12.3. The maximum absolute atomic E-state index is 11.1. The molecule has 0 aliphatic carbocycles. The summed E-state index contributed by atoms with van der Waals surface area (Å²) < 4.78 is 10.1. The molecule has 0 radical (unpaired) electrons. The van der Waals surface area contributed by atoms with Gasteiger partial charge in [0, 0.05) is 6.07 Å². The molecule has 1 atom stereocenters. The first-order valence-corrected chi connectivity index (χ1v) is 5.87. The summed E-state index contributed by atoms with van der Waals surface area (Å²) in [5.41, 5.74) is 1.81. The highest BCUT2D eigenvalue weighted by Gasteiger charge is 2.21. The maximum atomic E-state index is 11.1. The van der Waals surface area contributed by atoms with Gasteiger partial charge in [-0.3, -0.25) is 5.32 Å². The number of carbonyl (C=O) groups is 1. The van der Waals surface area contributed by atoms with Crippen LogP contribution >= 0.6 is 0 Å². The predicted molar refractivity (Wildman–Crippen MR) is 68.8 cm³/mol. The van der Waals surface area contributed by atoms with Crippen LogP contribution in [0.5, 0.6) is 5.75 Å². The summed E-state index contributed by atoms with van der Waals surface area (Å²) in [6.07, 6.45) is 0.110. The van der Waals surface area contributed by atoms with Crippen molar-refractivity contribution in [3.05, 3.63) is 18.2 Å². The van der Waals surface area contributed by atoms with Crippen LogP contribution in [0.1, 0.15) is 13.3 Å². The molecule has 2 rings (SSSR count). The van der Waals surface area contributed by atoms with E-state index in [-0.39, 0.29) is 6.29 Å². The topological polar surface area (TPSA) is 71.6 Å². The number of ether oxygens (including phenoxy) is 2. The third-order valence-electron chi connectivity index (χ3n) is 2.51. The fourth-order valence-electron chi connectivity index (χ4n) is 1.67. The van der Waals surface area contributed by atoms with Gasteiger partial charge in [0.1, 0.15) is 5.75 Å². The fraction of sp³-hybridized carbons (Fsp3) is 0.417. The van der Waals surface area contributed by atoms with E-state index in [1.165, 1.54) is 7.11 Å². The van der Waals surface area contributed by atoms with Gasteiger partial charge in [0.05, 0.1) is 25.1 Å². The second-order valence-corrected chi connectivity index (χ2v) is 3.91. The van der Waals surface area contributed by atoms with Gasteiger partial charge in [-0.25, -0.2) is 4.79 Å². The van der Waals surface area contributed by atoms with Crippen LogP contribution in [0.15, 0.2) is 18.2 Å². The lowest BCUT2D eigenvalue weighted by Gasteiger charge is -2.12. The van der Waals surface area contributed by atoms with E-state index in [0.717, 1.165) is 23.5 Å². The van der Waals surface area contributed by atoms with Crippen molar-refractivity contribution >= 4 is 17.5 Å². The number of benzene rings is 1. The Kier molecular flexibility index (Phi) is 3.76. The summed E-state index contributed by atoms with van der Waals surface area (Å²) in [6, 6.07) is 5.70. The molecule has 1 heterocycles. The third-order valence-corrected chi connectivity index (χ3v) is 2.51. The van der Waals surface area contributed by atoms with E-state index in [9.17, 15) is 4.79 Å².